The van der Waals surface area contributed by atoms with Gasteiger partial charge in [0.2, 0.25) is 0 Å². The van der Waals surface area contributed by atoms with Crippen molar-refractivity contribution in [3.63, 3.8) is 0 Å². The normalized spacial score (nSPS) is 15.3. The monoisotopic (exact) mass is 391 g/mol. The molecule has 0 aromatic heterocycles. The number of carbonyl (C=O) groups is 2. The van der Waals surface area contributed by atoms with Crippen LogP contribution in [0.25, 0.3) is 6.08 Å². The van der Waals surface area contributed by atoms with Crippen LogP contribution in [0.4, 0.5) is 5.69 Å². The topological polar surface area (TPSA) is 55.8 Å². The summed E-state index contributed by atoms with van der Waals surface area (Å²) in [6.45, 7) is 8.23. The Morgan fingerprint density at radius 2 is 1.66 bits per heavy atom. The third-order valence-electron chi connectivity index (χ3n) is 4.76. The number of anilines is 1. The largest absolute Gasteiger partial charge is 0.494 e. The van der Waals surface area contributed by atoms with Gasteiger partial charge in [0, 0.05) is 11.4 Å². The van der Waals surface area contributed by atoms with Crippen molar-refractivity contribution in [1.82, 2.24) is 0 Å². The molecule has 2 aromatic carbocycles. The fraction of sp³-hybridized carbons (Fsp3) is 0.250. The smallest absolute Gasteiger partial charge is 0.340 e. The van der Waals surface area contributed by atoms with E-state index in [0.29, 0.717) is 17.9 Å². The molecule has 150 valence electrons. The molecule has 0 saturated carbocycles. The molecule has 3 rings (SSSR count). The Labute approximate surface area is 171 Å². The quantitative estimate of drug-likeness (QED) is 0.553. The van der Waals surface area contributed by atoms with E-state index in [4.69, 9.17) is 9.47 Å². The third-order valence-corrected chi connectivity index (χ3v) is 4.76. The predicted octanol–water partition coefficient (Wildman–Crippen LogP) is 4.58. The Morgan fingerprint density at radius 3 is 2.21 bits per heavy atom. The fourth-order valence-electron chi connectivity index (χ4n) is 3.56. The van der Waals surface area contributed by atoms with Crippen molar-refractivity contribution in [2.24, 2.45) is 0 Å². The van der Waals surface area contributed by atoms with Crippen LogP contribution in [-0.4, -0.2) is 25.6 Å². The van der Waals surface area contributed by atoms with Crippen molar-refractivity contribution in [2.45, 2.75) is 27.7 Å². The van der Waals surface area contributed by atoms with Crippen LogP contribution >= 0.6 is 0 Å². The first-order valence-corrected chi connectivity index (χ1v) is 9.52. The van der Waals surface area contributed by atoms with Gasteiger partial charge in [-0.15, -0.1) is 0 Å². The van der Waals surface area contributed by atoms with Gasteiger partial charge in [-0.3, -0.25) is 9.69 Å². The van der Waals surface area contributed by atoms with Crippen molar-refractivity contribution in [3.8, 4) is 5.75 Å². The van der Waals surface area contributed by atoms with Crippen molar-refractivity contribution < 1.29 is 19.1 Å². The summed E-state index contributed by atoms with van der Waals surface area (Å²) in [6.07, 6.45) is 1.72. The average Bonchev–Trinajstić information content (AvgIpc) is 2.92. The second-order valence-corrected chi connectivity index (χ2v) is 7.00. The van der Waals surface area contributed by atoms with Crippen LogP contribution in [0, 0.1) is 13.8 Å². The van der Waals surface area contributed by atoms with E-state index >= 15 is 0 Å². The fourth-order valence-corrected chi connectivity index (χ4v) is 3.56. The number of aryl methyl sites for hydroxylation is 2. The minimum Gasteiger partial charge on any atom is -0.494 e. The van der Waals surface area contributed by atoms with E-state index in [-0.39, 0.29) is 11.5 Å². The first-order valence-electron chi connectivity index (χ1n) is 9.52. The highest BCUT2D eigenvalue weighted by atomic mass is 16.5. The lowest BCUT2D eigenvalue weighted by Gasteiger charge is -2.19. The summed E-state index contributed by atoms with van der Waals surface area (Å²) in [5.41, 5.74) is 4.79. The van der Waals surface area contributed by atoms with Crippen LogP contribution in [0.5, 0.6) is 5.75 Å². The number of benzene rings is 2. The van der Waals surface area contributed by atoms with E-state index in [1.54, 1.807) is 17.9 Å². The summed E-state index contributed by atoms with van der Waals surface area (Å²) in [7, 11) is 1.32. The average molecular weight is 391 g/mol. The van der Waals surface area contributed by atoms with E-state index < -0.39 is 5.97 Å². The van der Waals surface area contributed by atoms with Crippen LogP contribution in [0.2, 0.25) is 0 Å². The molecule has 0 unspecified atom stereocenters. The van der Waals surface area contributed by atoms with E-state index in [2.05, 4.69) is 0 Å². The molecule has 0 aliphatic carbocycles. The maximum absolute atomic E-state index is 13.3. The highest BCUT2D eigenvalue weighted by Crippen LogP contribution is 2.36. The van der Waals surface area contributed by atoms with Crippen molar-refractivity contribution in [2.75, 3.05) is 18.6 Å². The van der Waals surface area contributed by atoms with Gasteiger partial charge in [-0.2, -0.15) is 0 Å². The number of ether oxygens (including phenoxy) is 2. The molecule has 29 heavy (non-hydrogen) atoms. The predicted molar refractivity (Wildman–Crippen MR) is 114 cm³/mol. The molecule has 5 nitrogen and oxygen atoms in total. The van der Waals surface area contributed by atoms with Crippen molar-refractivity contribution in [3.05, 3.63) is 76.0 Å². The Balaban J connectivity index is 2.08. The minimum absolute atomic E-state index is 0.248. The molecular formula is C24H25NO4. The number of amides is 1. The van der Waals surface area contributed by atoms with Gasteiger partial charge in [0.05, 0.1) is 24.9 Å². The number of carbonyl (C=O) groups excluding carboxylic acids is 2. The summed E-state index contributed by atoms with van der Waals surface area (Å²) >= 11 is 0. The Hall–Kier alpha value is -3.34. The van der Waals surface area contributed by atoms with Crippen LogP contribution in [0.1, 0.15) is 30.5 Å². The van der Waals surface area contributed by atoms with Gasteiger partial charge in [0.1, 0.15) is 5.75 Å². The third kappa shape index (κ3) is 4.09. The van der Waals surface area contributed by atoms with Crippen LogP contribution in [-0.2, 0) is 14.3 Å². The molecular weight excluding hydrogens is 366 g/mol. The molecule has 0 spiro atoms. The lowest BCUT2D eigenvalue weighted by molar-refractivity contribution is -0.136. The summed E-state index contributed by atoms with van der Waals surface area (Å²) in [4.78, 5) is 27.4. The minimum atomic E-state index is -0.528. The van der Waals surface area contributed by atoms with Gasteiger partial charge in [-0.05, 0) is 74.7 Å². The summed E-state index contributed by atoms with van der Waals surface area (Å²) in [5, 5.41) is 0. The van der Waals surface area contributed by atoms with Crippen LogP contribution in [0.15, 0.2) is 59.3 Å². The second kappa shape index (κ2) is 8.35. The molecule has 2 aromatic rings. The molecule has 1 aliphatic rings. The molecule has 0 radical (unpaired) electrons. The van der Waals surface area contributed by atoms with Crippen molar-refractivity contribution in [1.29, 1.82) is 0 Å². The molecule has 0 N–H and O–H groups in total. The zero-order chi connectivity index (χ0) is 21.1. The summed E-state index contributed by atoms with van der Waals surface area (Å²) in [6, 6.07) is 13.3. The van der Waals surface area contributed by atoms with Gasteiger partial charge in [-0.25, -0.2) is 4.79 Å². The number of nitrogens with zero attached hydrogens (tertiary/aromatic N) is 1. The highest BCUT2D eigenvalue weighted by molar-refractivity contribution is 6.23. The molecule has 0 saturated heterocycles. The summed E-state index contributed by atoms with van der Waals surface area (Å²) < 4.78 is 10.4. The van der Waals surface area contributed by atoms with Gasteiger partial charge < -0.3 is 9.47 Å². The standard InChI is InChI=1S/C24H25NO4/c1-6-29-20-9-7-18(8-10-20)14-21-22(24(27)28-5)17(4)25(23(21)26)19-12-15(2)11-16(3)13-19/h7-14H,6H2,1-5H3/b21-14-. The lowest BCUT2D eigenvalue weighted by atomic mass is 10.0. The van der Waals surface area contributed by atoms with Gasteiger partial charge in [0.15, 0.2) is 0 Å². The Bertz CT molecular complexity index is 995. The maximum Gasteiger partial charge on any atom is 0.340 e. The van der Waals surface area contributed by atoms with Crippen molar-refractivity contribution >= 4 is 23.6 Å². The lowest BCUT2D eigenvalue weighted by Crippen LogP contribution is -2.24. The first-order chi connectivity index (χ1) is 13.8. The van der Waals surface area contributed by atoms with Gasteiger partial charge in [0.25, 0.3) is 5.91 Å². The van der Waals surface area contributed by atoms with Crippen LogP contribution < -0.4 is 9.64 Å². The summed E-state index contributed by atoms with van der Waals surface area (Å²) in [5.74, 6) is -0.0223. The zero-order valence-corrected chi connectivity index (χ0v) is 17.4. The number of rotatable bonds is 5. The molecule has 1 heterocycles. The number of hydrogen-bond acceptors (Lipinski definition) is 4. The highest BCUT2D eigenvalue weighted by Gasteiger charge is 2.38. The molecule has 0 atom stereocenters. The number of allylic oxidation sites excluding steroid dienone is 1. The van der Waals surface area contributed by atoms with Gasteiger partial charge >= 0.3 is 5.97 Å². The number of methoxy groups -OCH3 is 1. The molecule has 0 fully saturated rings. The molecule has 1 amide bonds. The van der Waals surface area contributed by atoms with E-state index in [9.17, 15) is 9.59 Å². The molecule has 0 bridgehead atoms. The van der Waals surface area contributed by atoms with E-state index in [1.807, 2.05) is 63.2 Å². The SMILES string of the molecule is CCOc1ccc(/C=C2\C(=O)N(c3cc(C)cc(C)c3)C(C)=C2C(=O)OC)cc1. The van der Waals surface area contributed by atoms with Gasteiger partial charge in [-0.1, -0.05) is 18.2 Å². The van der Waals surface area contributed by atoms with E-state index in [0.717, 1.165) is 28.1 Å². The number of hydrogen-bond donors (Lipinski definition) is 0. The number of esters is 1. The second-order valence-electron chi connectivity index (χ2n) is 7.00. The first kappa shape index (κ1) is 20.4. The van der Waals surface area contributed by atoms with Crippen LogP contribution in [0.3, 0.4) is 0 Å². The Morgan fingerprint density at radius 1 is 1.03 bits per heavy atom. The maximum atomic E-state index is 13.3. The zero-order valence-electron chi connectivity index (χ0n) is 17.4. The van der Waals surface area contributed by atoms with E-state index in [1.165, 1.54) is 7.11 Å². The molecule has 5 heteroatoms. The molecule has 1 aliphatic heterocycles. The Kier molecular flexibility index (Phi) is 5.87.